The first-order chi connectivity index (χ1) is 8.57. The second-order valence-electron chi connectivity index (χ2n) is 4.29. The van der Waals surface area contributed by atoms with E-state index in [0.29, 0.717) is 5.70 Å². The van der Waals surface area contributed by atoms with Gasteiger partial charge in [0.2, 0.25) is 0 Å². The third-order valence-corrected chi connectivity index (χ3v) is 3.23. The van der Waals surface area contributed by atoms with Gasteiger partial charge in [-0.2, -0.15) is 0 Å². The minimum Gasteiger partial charge on any atom is -0.395 e. The monoisotopic (exact) mass is 245 g/mol. The van der Waals surface area contributed by atoms with Crippen molar-refractivity contribution in [2.24, 2.45) is 5.73 Å². The molecule has 0 fully saturated rings. The Labute approximate surface area is 108 Å². The predicted molar refractivity (Wildman–Crippen MR) is 73.5 cm³/mol. The van der Waals surface area contributed by atoms with Gasteiger partial charge in [0.25, 0.3) is 0 Å². The summed E-state index contributed by atoms with van der Waals surface area (Å²) >= 11 is 0. The van der Waals surface area contributed by atoms with Crippen molar-refractivity contribution in [1.29, 1.82) is 0 Å². The molecule has 1 aliphatic heterocycles. The van der Waals surface area contributed by atoms with Gasteiger partial charge in [-0.15, -0.1) is 0 Å². The van der Waals surface area contributed by atoms with Crippen LogP contribution in [0.15, 0.2) is 54.0 Å². The number of ether oxygens (including phenoxy) is 1. The molecule has 18 heavy (non-hydrogen) atoms. The smallest absolute Gasteiger partial charge is 0.0980 e. The minimum absolute atomic E-state index is 0.0690. The molecule has 0 spiro atoms. The van der Waals surface area contributed by atoms with Crippen LogP contribution >= 0.6 is 0 Å². The van der Waals surface area contributed by atoms with E-state index in [1.54, 1.807) is 7.11 Å². The Balaban J connectivity index is 2.38. The van der Waals surface area contributed by atoms with Crippen LogP contribution < -0.4 is 10.7 Å². The van der Waals surface area contributed by atoms with E-state index in [-0.39, 0.29) is 6.10 Å². The number of benzene rings is 1. The number of hydrogen-bond donors (Lipinski definition) is 1. The highest BCUT2D eigenvalue weighted by Crippen LogP contribution is 2.34. The minimum atomic E-state index is -0.0690. The summed E-state index contributed by atoms with van der Waals surface area (Å²) in [6.07, 6.45) is -0.0690. The molecule has 1 heterocycles. The SMILES string of the molecule is C=C1C(N)=C([C@@H](C)OC)N(C)N1c1ccccc1. The van der Waals surface area contributed by atoms with Gasteiger partial charge in [0.15, 0.2) is 0 Å². The van der Waals surface area contributed by atoms with Crippen molar-refractivity contribution in [2.75, 3.05) is 19.2 Å². The molecular weight excluding hydrogens is 226 g/mol. The predicted octanol–water partition coefficient (Wildman–Crippen LogP) is 2.07. The van der Waals surface area contributed by atoms with Crippen molar-refractivity contribution in [3.63, 3.8) is 0 Å². The third-order valence-electron chi connectivity index (χ3n) is 3.23. The van der Waals surface area contributed by atoms with Gasteiger partial charge in [-0.25, -0.2) is 0 Å². The zero-order chi connectivity index (χ0) is 13.3. The van der Waals surface area contributed by atoms with Gasteiger partial charge in [0, 0.05) is 14.2 Å². The fourth-order valence-electron chi connectivity index (χ4n) is 2.22. The van der Waals surface area contributed by atoms with E-state index in [1.807, 2.05) is 54.3 Å². The van der Waals surface area contributed by atoms with Crippen molar-refractivity contribution in [3.05, 3.63) is 54.0 Å². The summed E-state index contributed by atoms with van der Waals surface area (Å²) in [5.74, 6) is 0. The lowest BCUT2D eigenvalue weighted by atomic mass is 10.2. The molecule has 1 aromatic rings. The number of hydrogen-bond acceptors (Lipinski definition) is 4. The number of anilines is 1. The van der Waals surface area contributed by atoms with Gasteiger partial charge in [-0.05, 0) is 19.1 Å². The van der Waals surface area contributed by atoms with Crippen molar-refractivity contribution in [1.82, 2.24) is 5.01 Å². The molecule has 4 heteroatoms. The van der Waals surface area contributed by atoms with E-state index < -0.39 is 0 Å². The maximum absolute atomic E-state index is 6.13. The van der Waals surface area contributed by atoms with E-state index in [9.17, 15) is 0 Å². The first kappa shape index (κ1) is 12.5. The fraction of sp³-hybridized carbons (Fsp3) is 0.286. The number of rotatable bonds is 3. The van der Waals surface area contributed by atoms with Crippen LogP contribution in [0.25, 0.3) is 0 Å². The summed E-state index contributed by atoms with van der Waals surface area (Å²) in [5.41, 5.74) is 9.56. The maximum Gasteiger partial charge on any atom is 0.0980 e. The molecule has 0 aromatic heterocycles. The summed E-state index contributed by atoms with van der Waals surface area (Å²) in [6.45, 7) is 6.03. The maximum atomic E-state index is 6.13. The standard InChI is InChI=1S/C14H19N3O/c1-10-13(15)14(11(2)18-4)16(3)17(10)12-8-6-5-7-9-12/h5-9,11H,1,15H2,2-4H3/t11-/m1/s1. The van der Waals surface area contributed by atoms with E-state index in [4.69, 9.17) is 10.5 Å². The molecule has 1 aliphatic rings. The molecule has 0 unspecified atom stereocenters. The van der Waals surface area contributed by atoms with E-state index in [1.165, 1.54) is 0 Å². The number of hydrazine groups is 1. The van der Waals surface area contributed by atoms with Crippen molar-refractivity contribution >= 4 is 5.69 Å². The van der Waals surface area contributed by atoms with Crippen molar-refractivity contribution < 1.29 is 4.74 Å². The van der Waals surface area contributed by atoms with Crippen LogP contribution in [-0.2, 0) is 4.74 Å². The molecule has 96 valence electrons. The highest BCUT2D eigenvalue weighted by atomic mass is 16.5. The summed E-state index contributed by atoms with van der Waals surface area (Å²) in [4.78, 5) is 0. The number of nitrogens with two attached hydrogens (primary N) is 1. The van der Waals surface area contributed by atoms with Crippen LogP contribution in [0.1, 0.15) is 6.92 Å². The molecular formula is C14H19N3O. The Kier molecular flexibility index (Phi) is 3.30. The Hall–Kier alpha value is -1.94. The first-order valence-corrected chi connectivity index (χ1v) is 5.88. The molecule has 4 nitrogen and oxygen atoms in total. The fourth-order valence-corrected chi connectivity index (χ4v) is 2.22. The van der Waals surface area contributed by atoms with Gasteiger partial charge in [0.1, 0.15) is 0 Å². The van der Waals surface area contributed by atoms with Gasteiger partial charge in [0.05, 0.1) is 28.9 Å². The van der Waals surface area contributed by atoms with Crippen LogP contribution in [0.5, 0.6) is 0 Å². The molecule has 0 aliphatic carbocycles. The van der Waals surface area contributed by atoms with Gasteiger partial charge in [-0.1, -0.05) is 24.8 Å². The quantitative estimate of drug-likeness (QED) is 0.885. The average Bonchev–Trinajstić information content (AvgIpc) is 2.61. The molecule has 1 atom stereocenters. The summed E-state index contributed by atoms with van der Waals surface area (Å²) < 4.78 is 5.36. The zero-order valence-corrected chi connectivity index (χ0v) is 11.1. The Morgan fingerprint density at radius 3 is 2.44 bits per heavy atom. The van der Waals surface area contributed by atoms with Crippen LogP contribution in [-0.4, -0.2) is 25.3 Å². The van der Waals surface area contributed by atoms with Gasteiger partial charge in [-0.3, -0.25) is 10.0 Å². The molecule has 2 rings (SSSR count). The number of likely N-dealkylation sites (N-methyl/N-ethyl adjacent to an activating group) is 1. The summed E-state index contributed by atoms with van der Waals surface area (Å²) in [5, 5.41) is 3.97. The second-order valence-corrected chi connectivity index (χ2v) is 4.29. The largest absolute Gasteiger partial charge is 0.395 e. The molecule has 0 radical (unpaired) electrons. The van der Waals surface area contributed by atoms with Crippen LogP contribution in [0.4, 0.5) is 5.69 Å². The van der Waals surface area contributed by atoms with Crippen molar-refractivity contribution in [3.8, 4) is 0 Å². The van der Waals surface area contributed by atoms with Crippen LogP contribution in [0.2, 0.25) is 0 Å². The topological polar surface area (TPSA) is 41.7 Å². The second kappa shape index (κ2) is 4.74. The molecule has 0 bridgehead atoms. The average molecular weight is 245 g/mol. The first-order valence-electron chi connectivity index (χ1n) is 5.88. The normalized spacial score (nSPS) is 17.6. The third kappa shape index (κ3) is 1.84. The summed E-state index contributed by atoms with van der Waals surface area (Å²) in [6, 6.07) is 10.0. The highest BCUT2D eigenvalue weighted by Gasteiger charge is 2.32. The van der Waals surface area contributed by atoms with Crippen LogP contribution in [0, 0.1) is 0 Å². The van der Waals surface area contributed by atoms with Crippen LogP contribution in [0.3, 0.4) is 0 Å². The lowest BCUT2D eigenvalue weighted by Gasteiger charge is -2.31. The molecule has 1 aromatic carbocycles. The Morgan fingerprint density at radius 2 is 1.89 bits per heavy atom. The molecule has 0 amide bonds. The molecule has 2 N–H and O–H groups in total. The Bertz CT molecular complexity index is 481. The molecule has 0 saturated heterocycles. The van der Waals surface area contributed by atoms with E-state index in [0.717, 1.165) is 17.1 Å². The zero-order valence-electron chi connectivity index (χ0n) is 11.1. The van der Waals surface area contributed by atoms with Gasteiger partial charge < -0.3 is 10.5 Å². The number of methoxy groups -OCH3 is 1. The summed E-state index contributed by atoms with van der Waals surface area (Å²) in [7, 11) is 3.63. The van der Waals surface area contributed by atoms with E-state index in [2.05, 4.69) is 6.58 Å². The molecule has 0 saturated carbocycles. The highest BCUT2D eigenvalue weighted by molar-refractivity contribution is 5.59. The van der Waals surface area contributed by atoms with E-state index >= 15 is 0 Å². The number of para-hydroxylation sites is 1. The lowest BCUT2D eigenvalue weighted by molar-refractivity contribution is 0.123. The Morgan fingerprint density at radius 1 is 1.28 bits per heavy atom. The van der Waals surface area contributed by atoms with Gasteiger partial charge >= 0.3 is 0 Å². The lowest BCUT2D eigenvalue weighted by Crippen LogP contribution is -2.35. The van der Waals surface area contributed by atoms with Crippen molar-refractivity contribution in [2.45, 2.75) is 13.0 Å². The number of nitrogens with zero attached hydrogens (tertiary/aromatic N) is 2.